The maximum atomic E-state index is 11.9. The molecule has 0 radical (unpaired) electrons. The Morgan fingerprint density at radius 1 is 1.26 bits per heavy atom. The summed E-state index contributed by atoms with van der Waals surface area (Å²) in [5.74, 6) is -1.24. The van der Waals surface area contributed by atoms with Crippen molar-refractivity contribution < 1.29 is 19.1 Å². The Labute approximate surface area is 160 Å². The fourth-order valence-electron chi connectivity index (χ4n) is 2.81. The molecule has 0 spiro atoms. The van der Waals surface area contributed by atoms with E-state index in [4.69, 9.17) is 4.74 Å². The molecule has 2 aromatic rings. The van der Waals surface area contributed by atoms with E-state index in [2.05, 4.69) is 20.6 Å². The topological polar surface area (TPSA) is 110 Å². The number of carbonyl (C=O) groups excluding carboxylic acids is 3. The van der Waals surface area contributed by atoms with Crippen LogP contribution in [0.3, 0.4) is 0 Å². The van der Waals surface area contributed by atoms with Gasteiger partial charge in [0.15, 0.2) is 6.61 Å². The van der Waals surface area contributed by atoms with Gasteiger partial charge in [-0.3, -0.25) is 19.9 Å². The van der Waals surface area contributed by atoms with Crippen LogP contribution in [0.5, 0.6) is 0 Å². The third-order valence-electron chi connectivity index (χ3n) is 4.09. The van der Waals surface area contributed by atoms with Crippen molar-refractivity contribution in [2.45, 2.75) is 38.1 Å². The predicted octanol–water partition coefficient (Wildman–Crippen LogP) is 2.06. The van der Waals surface area contributed by atoms with Gasteiger partial charge in [0, 0.05) is 29.4 Å². The lowest BCUT2D eigenvalue weighted by Gasteiger charge is -2.12. The van der Waals surface area contributed by atoms with Crippen molar-refractivity contribution >= 4 is 29.2 Å². The van der Waals surface area contributed by atoms with Crippen molar-refractivity contribution in [1.29, 1.82) is 0 Å². The maximum absolute atomic E-state index is 11.9. The quantitative estimate of drug-likeness (QED) is 0.733. The smallest absolute Gasteiger partial charge is 0.321 e. The number of thiazole rings is 1. The number of nitrogens with zero attached hydrogens (tertiary/aromatic N) is 2. The number of urea groups is 1. The zero-order valence-corrected chi connectivity index (χ0v) is 15.5. The van der Waals surface area contributed by atoms with E-state index in [0.29, 0.717) is 5.69 Å². The van der Waals surface area contributed by atoms with Crippen LogP contribution in [0.1, 0.15) is 31.4 Å². The number of amides is 3. The Balaban J connectivity index is 1.39. The Morgan fingerprint density at radius 3 is 2.81 bits per heavy atom. The molecule has 2 N–H and O–H groups in total. The molecule has 0 atom stereocenters. The first-order valence-corrected chi connectivity index (χ1v) is 9.59. The molecule has 0 aromatic carbocycles. The number of hydrogen-bond donors (Lipinski definition) is 2. The maximum Gasteiger partial charge on any atom is 0.321 e. The molecule has 2 heterocycles. The van der Waals surface area contributed by atoms with E-state index in [-0.39, 0.29) is 12.5 Å². The number of ether oxygens (including phenoxy) is 1. The van der Waals surface area contributed by atoms with Crippen LogP contribution >= 0.6 is 11.3 Å². The van der Waals surface area contributed by atoms with E-state index < -0.39 is 24.5 Å². The van der Waals surface area contributed by atoms with Gasteiger partial charge in [-0.05, 0) is 25.0 Å². The summed E-state index contributed by atoms with van der Waals surface area (Å²) in [6.45, 7) is -0.503. The zero-order chi connectivity index (χ0) is 19.1. The highest BCUT2D eigenvalue weighted by Gasteiger charge is 2.19. The highest BCUT2D eigenvalue weighted by molar-refractivity contribution is 7.13. The summed E-state index contributed by atoms with van der Waals surface area (Å²) in [7, 11) is 0. The molecule has 3 amide bonds. The molecular formula is C18H20N4O4S. The molecule has 27 heavy (non-hydrogen) atoms. The van der Waals surface area contributed by atoms with Crippen LogP contribution in [0.25, 0.3) is 10.6 Å². The van der Waals surface area contributed by atoms with Crippen molar-refractivity contribution in [1.82, 2.24) is 20.6 Å². The van der Waals surface area contributed by atoms with Gasteiger partial charge in [0.05, 0.1) is 12.1 Å². The first-order valence-electron chi connectivity index (χ1n) is 8.71. The van der Waals surface area contributed by atoms with Crippen molar-refractivity contribution in [3.63, 3.8) is 0 Å². The molecule has 0 saturated heterocycles. The summed E-state index contributed by atoms with van der Waals surface area (Å²) < 4.78 is 4.91. The van der Waals surface area contributed by atoms with E-state index in [1.807, 2.05) is 12.1 Å². The second-order valence-electron chi connectivity index (χ2n) is 6.23. The van der Waals surface area contributed by atoms with Crippen molar-refractivity contribution in [2.75, 3.05) is 6.61 Å². The van der Waals surface area contributed by atoms with Gasteiger partial charge in [-0.1, -0.05) is 12.8 Å². The average molecular weight is 388 g/mol. The molecule has 1 aliphatic rings. The van der Waals surface area contributed by atoms with Gasteiger partial charge in [-0.25, -0.2) is 9.78 Å². The number of rotatable bonds is 6. The van der Waals surface area contributed by atoms with E-state index in [1.165, 1.54) is 11.3 Å². The van der Waals surface area contributed by atoms with Gasteiger partial charge in [0.2, 0.25) is 0 Å². The second kappa shape index (κ2) is 9.22. The minimum absolute atomic E-state index is 0.0433. The van der Waals surface area contributed by atoms with Crippen LogP contribution in [-0.2, 0) is 20.7 Å². The minimum Gasteiger partial charge on any atom is -0.455 e. The van der Waals surface area contributed by atoms with E-state index in [0.717, 1.165) is 36.3 Å². The molecule has 0 bridgehead atoms. The number of esters is 1. The molecule has 0 unspecified atom stereocenters. The van der Waals surface area contributed by atoms with E-state index in [9.17, 15) is 14.4 Å². The summed E-state index contributed by atoms with van der Waals surface area (Å²) in [5, 5.41) is 7.41. The van der Waals surface area contributed by atoms with Crippen LogP contribution in [0.4, 0.5) is 4.79 Å². The number of nitrogens with one attached hydrogen (secondary N) is 2. The Bertz CT molecular complexity index is 803. The molecule has 9 heteroatoms. The zero-order valence-electron chi connectivity index (χ0n) is 14.6. The van der Waals surface area contributed by atoms with Crippen LogP contribution in [0, 0.1) is 0 Å². The largest absolute Gasteiger partial charge is 0.455 e. The van der Waals surface area contributed by atoms with Gasteiger partial charge in [-0.2, -0.15) is 0 Å². The standard InChI is InChI=1S/C18H20N4O4S/c23-15(22-18(25)21-13-5-1-2-6-13)10-26-16(24)8-14-11-27-17(20-14)12-4-3-7-19-9-12/h3-4,7,9,11,13H,1-2,5-6,8,10H2,(H2,21,22,23,25). The third kappa shape index (κ3) is 5.85. The number of carbonyl (C=O) groups is 3. The van der Waals surface area contributed by atoms with Crippen LogP contribution < -0.4 is 10.6 Å². The molecule has 1 saturated carbocycles. The van der Waals surface area contributed by atoms with Crippen molar-refractivity contribution in [2.24, 2.45) is 0 Å². The molecule has 0 aliphatic heterocycles. The van der Waals surface area contributed by atoms with Crippen molar-refractivity contribution in [3.8, 4) is 10.6 Å². The molecular weight excluding hydrogens is 368 g/mol. The summed E-state index contributed by atoms with van der Waals surface area (Å²) in [4.78, 5) is 43.7. The number of aromatic nitrogens is 2. The SMILES string of the molecule is O=C(COC(=O)Cc1csc(-c2cccnc2)n1)NC(=O)NC1CCCC1. The Kier molecular flexibility index (Phi) is 6.48. The number of pyridine rings is 1. The highest BCUT2D eigenvalue weighted by Crippen LogP contribution is 2.22. The van der Waals surface area contributed by atoms with Gasteiger partial charge in [-0.15, -0.1) is 11.3 Å². The average Bonchev–Trinajstić information content (AvgIpc) is 3.33. The minimum atomic E-state index is -0.659. The Hall–Kier alpha value is -2.81. The monoisotopic (exact) mass is 388 g/mol. The summed E-state index contributed by atoms with van der Waals surface area (Å²) in [6.07, 6.45) is 7.33. The second-order valence-corrected chi connectivity index (χ2v) is 7.08. The lowest BCUT2D eigenvalue weighted by atomic mass is 10.2. The summed E-state index contributed by atoms with van der Waals surface area (Å²) >= 11 is 1.40. The van der Waals surface area contributed by atoms with Crippen LogP contribution in [0.2, 0.25) is 0 Å². The molecule has 1 aliphatic carbocycles. The number of imide groups is 1. The Morgan fingerprint density at radius 2 is 2.07 bits per heavy atom. The van der Waals surface area contributed by atoms with Crippen LogP contribution in [-0.4, -0.2) is 40.5 Å². The molecule has 2 aromatic heterocycles. The molecule has 3 rings (SSSR count). The normalized spacial score (nSPS) is 13.9. The van der Waals surface area contributed by atoms with Crippen LogP contribution in [0.15, 0.2) is 29.9 Å². The third-order valence-corrected chi connectivity index (χ3v) is 5.03. The lowest BCUT2D eigenvalue weighted by molar-refractivity contribution is -0.147. The fourth-order valence-corrected chi connectivity index (χ4v) is 3.62. The summed E-state index contributed by atoms with van der Waals surface area (Å²) in [5.41, 5.74) is 1.43. The first-order chi connectivity index (χ1) is 13.1. The van der Waals surface area contributed by atoms with Gasteiger partial charge in [0.1, 0.15) is 5.01 Å². The van der Waals surface area contributed by atoms with Gasteiger partial charge < -0.3 is 10.1 Å². The molecule has 1 fully saturated rings. The predicted molar refractivity (Wildman–Crippen MR) is 98.9 cm³/mol. The van der Waals surface area contributed by atoms with Crippen molar-refractivity contribution in [3.05, 3.63) is 35.6 Å². The van der Waals surface area contributed by atoms with Gasteiger partial charge in [0.25, 0.3) is 5.91 Å². The molecule has 8 nitrogen and oxygen atoms in total. The fraction of sp³-hybridized carbons (Fsp3) is 0.389. The van der Waals surface area contributed by atoms with E-state index in [1.54, 1.807) is 17.8 Å². The first kappa shape index (κ1) is 19.0. The number of hydrogen-bond acceptors (Lipinski definition) is 7. The lowest BCUT2D eigenvalue weighted by Crippen LogP contribution is -2.45. The highest BCUT2D eigenvalue weighted by atomic mass is 32.1. The van der Waals surface area contributed by atoms with E-state index >= 15 is 0 Å². The summed E-state index contributed by atoms with van der Waals surface area (Å²) in [6, 6.07) is 3.25. The van der Waals surface area contributed by atoms with Gasteiger partial charge >= 0.3 is 12.0 Å². The molecule has 142 valence electrons.